The van der Waals surface area contributed by atoms with Crippen molar-refractivity contribution in [2.24, 2.45) is 0 Å². The Morgan fingerprint density at radius 2 is 0.906 bits per heavy atom. The van der Waals surface area contributed by atoms with Crippen LogP contribution in [0.25, 0.3) is 0 Å². The molecule has 0 aliphatic carbocycles. The molecule has 3 aromatic carbocycles. The smallest absolute Gasteiger partial charge is 0.261 e. The Kier molecular flexibility index (Phi) is 6.60. The first-order chi connectivity index (χ1) is 14.9. The zero-order chi connectivity index (χ0) is 23.6. The van der Waals surface area contributed by atoms with Crippen LogP contribution in [0.4, 0.5) is 11.4 Å². The fourth-order valence-corrected chi connectivity index (χ4v) is 5.66. The molecule has 0 unspecified atom stereocenters. The Balaban J connectivity index is 1.77. The molecule has 0 radical (unpaired) electrons. The minimum absolute atomic E-state index is 0.0393. The summed E-state index contributed by atoms with van der Waals surface area (Å²) in [6.45, 7) is 0. The molecule has 0 heterocycles. The van der Waals surface area contributed by atoms with Crippen molar-refractivity contribution in [1.29, 1.82) is 0 Å². The first kappa shape index (κ1) is 23.7. The maximum atomic E-state index is 12.6. The number of nitrogens with one attached hydrogen (secondary N) is 2. The van der Waals surface area contributed by atoms with Crippen LogP contribution in [0.15, 0.2) is 93.5 Å². The van der Waals surface area contributed by atoms with Crippen molar-refractivity contribution in [2.45, 2.75) is 14.7 Å². The molecule has 0 bridgehead atoms. The van der Waals surface area contributed by atoms with E-state index in [9.17, 15) is 25.3 Å². The van der Waals surface area contributed by atoms with Crippen LogP contribution in [-0.4, -0.2) is 43.7 Å². The van der Waals surface area contributed by atoms with Gasteiger partial charge in [0.2, 0.25) is 10.0 Å². The second kappa shape index (κ2) is 8.90. The fourth-order valence-electron chi connectivity index (χ4n) is 2.64. The number of sulfonamides is 3. The topological polar surface area (TPSA) is 130 Å². The lowest BCUT2D eigenvalue weighted by Gasteiger charge is -2.13. The van der Waals surface area contributed by atoms with E-state index in [0.717, 1.165) is 4.31 Å². The van der Waals surface area contributed by atoms with Crippen LogP contribution in [0, 0.1) is 0 Å². The summed E-state index contributed by atoms with van der Waals surface area (Å²) >= 11 is 0. The molecule has 0 fully saturated rings. The number of anilines is 2. The molecule has 0 amide bonds. The van der Waals surface area contributed by atoms with Gasteiger partial charge in [-0.2, -0.15) is 0 Å². The Morgan fingerprint density at radius 3 is 1.34 bits per heavy atom. The Bertz CT molecular complexity index is 1400. The van der Waals surface area contributed by atoms with Gasteiger partial charge in [-0.25, -0.2) is 29.6 Å². The molecule has 12 heteroatoms. The monoisotopic (exact) mass is 495 g/mol. The number of hydrogen-bond acceptors (Lipinski definition) is 6. The van der Waals surface area contributed by atoms with Gasteiger partial charge in [-0.3, -0.25) is 9.44 Å². The van der Waals surface area contributed by atoms with Gasteiger partial charge in [0, 0.05) is 25.5 Å². The maximum Gasteiger partial charge on any atom is 0.261 e. The van der Waals surface area contributed by atoms with Crippen LogP contribution in [0.3, 0.4) is 0 Å². The van der Waals surface area contributed by atoms with Gasteiger partial charge in [0.1, 0.15) is 0 Å². The molecular weight excluding hydrogens is 474 g/mol. The summed E-state index contributed by atoms with van der Waals surface area (Å²) in [7, 11) is -8.79. The molecule has 9 nitrogen and oxygen atoms in total. The number of nitrogens with zero attached hydrogens (tertiary/aromatic N) is 1. The second-order valence-electron chi connectivity index (χ2n) is 6.86. The van der Waals surface area contributed by atoms with Crippen LogP contribution in [0.2, 0.25) is 0 Å². The zero-order valence-corrected chi connectivity index (χ0v) is 19.6. The third-order valence-electron chi connectivity index (χ3n) is 4.36. The van der Waals surface area contributed by atoms with Crippen molar-refractivity contribution in [2.75, 3.05) is 23.5 Å². The summed E-state index contributed by atoms with van der Waals surface area (Å²) < 4.78 is 80.2. The number of benzene rings is 3. The second-order valence-corrected chi connectivity index (χ2v) is 12.4. The van der Waals surface area contributed by atoms with E-state index in [1.807, 2.05) is 0 Å². The van der Waals surface area contributed by atoms with Crippen LogP contribution >= 0.6 is 0 Å². The van der Waals surface area contributed by atoms with Gasteiger partial charge >= 0.3 is 0 Å². The normalized spacial score (nSPS) is 12.5. The molecule has 0 saturated heterocycles. The van der Waals surface area contributed by atoms with E-state index < -0.39 is 30.1 Å². The van der Waals surface area contributed by atoms with Gasteiger partial charge in [-0.15, -0.1) is 0 Å². The SMILES string of the molecule is CN(C)S(=O)(=O)c1ccc(S(=O)(=O)Nc2ccc(S(=O)(=O)Nc3ccccc3)cc2)cc1. The summed E-state index contributed by atoms with van der Waals surface area (Å²) in [5.41, 5.74) is 0.547. The van der Waals surface area contributed by atoms with Crippen LogP contribution in [-0.2, 0) is 30.1 Å². The molecule has 0 aliphatic heterocycles. The quantitative estimate of drug-likeness (QED) is 0.494. The van der Waals surface area contributed by atoms with Gasteiger partial charge in [-0.1, -0.05) is 18.2 Å². The highest BCUT2D eigenvalue weighted by molar-refractivity contribution is 7.93. The average molecular weight is 496 g/mol. The lowest BCUT2D eigenvalue weighted by atomic mass is 10.3. The van der Waals surface area contributed by atoms with Gasteiger partial charge in [0.15, 0.2) is 0 Å². The third-order valence-corrected chi connectivity index (χ3v) is 8.98. The first-order valence-corrected chi connectivity index (χ1v) is 13.6. The molecule has 2 N–H and O–H groups in total. The van der Waals surface area contributed by atoms with E-state index in [2.05, 4.69) is 9.44 Å². The molecular formula is C20H21N3O6S3. The molecule has 0 atom stereocenters. The highest BCUT2D eigenvalue weighted by Crippen LogP contribution is 2.22. The zero-order valence-electron chi connectivity index (χ0n) is 17.1. The number of para-hydroxylation sites is 1. The van der Waals surface area contributed by atoms with Crippen molar-refractivity contribution in [3.8, 4) is 0 Å². The summed E-state index contributed by atoms with van der Waals surface area (Å²) in [5.74, 6) is 0. The summed E-state index contributed by atoms with van der Waals surface area (Å²) in [6.07, 6.45) is 0. The highest BCUT2D eigenvalue weighted by atomic mass is 32.2. The molecule has 0 spiro atoms. The molecule has 3 rings (SSSR count). The van der Waals surface area contributed by atoms with Gasteiger partial charge in [0.05, 0.1) is 14.7 Å². The van der Waals surface area contributed by atoms with E-state index >= 15 is 0 Å². The molecule has 3 aromatic rings. The molecule has 32 heavy (non-hydrogen) atoms. The van der Waals surface area contributed by atoms with Crippen LogP contribution in [0.5, 0.6) is 0 Å². The van der Waals surface area contributed by atoms with Crippen molar-refractivity contribution in [3.63, 3.8) is 0 Å². The highest BCUT2D eigenvalue weighted by Gasteiger charge is 2.20. The van der Waals surface area contributed by atoms with Crippen molar-refractivity contribution in [1.82, 2.24) is 4.31 Å². The van der Waals surface area contributed by atoms with E-state index in [4.69, 9.17) is 0 Å². The van der Waals surface area contributed by atoms with Gasteiger partial charge < -0.3 is 0 Å². The largest absolute Gasteiger partial charge is 0.280 e. The maximum absolute atomic E-state index is 12.6. The number of rotatable bonds is 8. The van der Waals surface area contributed by atoms with Crippen molar-refractivity contribution in [3.05, 3.63) is 78.9 Å². The number of hydrogen-bond donors (Lipinski definition) is 2. The molecule has 0 aromatic heterocycles. The fraction of sp³-hybridized carbons (Fsp3) is 0.100. The van der Waals surface area contributed by atoms with E-state index in [0.29, 0.717) is 5.69 Å². The Labute approximate surface area is 187 Å². The molecule has 170 valence electrons. The lowest BCUT2D eigenvalue weighted by Crippen LogP contribution is -2.22. The first-order valence-electron chi connectivity index (χ1n) is 9.15. The van der Waals surface area contributed by atoms with Crippen LogP contribution < -0.4 is 9.44 Å². The molecule has 0 aliphatic rings. The predicted octanol–water partition coefficient (Wildman–Crippen LogP) is 2.54. The Morgan fingerprint density at radius 1 is 0.531 bits per heavy atom. The average Bonchev–Trinajstić information content (AvgIpc) is 2.74. The van der Waals surface area contributed by atoms with Gasteiger partial charge in [-0.05, 0) is 60.7 Å². The van der Waals surface area contributed by atoms with Crippen molar-refractivity contribution < 1.29 is 25.3 Å². The van der Waals surface area contributed by atoms with Crippen LogP contribution in [0.1, 0.15) is 0 Å². The predicted molar refractivity (Wildman–Crippen MR) is 122 cm³/mol. The minimum Gasteiger partial charge on any atom is -0.280 e. The molecule has 0 saturated carbocycles. The minimum atomic E-state index is -4.02. The summed E-state index contributed by atoms with van der Waals surface area (Å²) in [6, 6.07) is 18.3. The summed E-state index contributed by atoms with van der Waals surface area (Å²) in [4.78, 5) is -0.220. The van der Waals surface area contributed by atoms with E-state index in [1.54, 1.807) is 30.3 Å². The van der Waals surface area contributed by atoms with Gasteiger partial charge in [0.25, 0.3) is 20.0 Å². The van der Waals surface area contributed by atoms with Crippen molar-refractivity contribution >= 4 is 41.4 Å². The third kappa shape index (κ3) is 5.27. The summed E-state index contributed by atoms with van der Waals surface area (Å²) in [5, 5.41) is 0. The van der Waals surface area contributed by atoms with E-state index in [1.165, 1.54) is 62.6 Å². The van der Waals surface area contributed by atoms with E-state index in [-0.39, 0.29) is 20.4 Å². The lowest BCUT2D eigenvalue weighted by molar-refractivity contribution is 0.520. The standard InChI is InChI=1S/C20H21N3O6S3/c1-23(2)32(28,29)20-14-12-19(13-15-20)31(26,27)22-17-8-10-18(11-9-17)30(24,25)21-16-6-4-3-5-7-16/h3-15,21-22H,1-2H3. The Hall–Kier alpha value is -2.93.